The van der Waals surface area contributed by atoms with Crippen molar-refractivity contribution < 1.29 is 8.78 Å². The van der Waals surface area contributed by atoms with Crippen LogP contribution in [0.3, 0.4) is 0 Å². The maximum absolute atomic E-state index is 14.3. The van der Waals surface area contributed by atoms with Gasteiger partial charge in [-0.15, -0.1) is 0 Å². The lowest BCUT2D eigenvalue weighted by atomic mass is 9.90. The molecule has 1 unspecified atom stereocenters. The second kappa shape index (κ2) is 7.61. The first-order valence-corrected chi connectivity index (χ1v) is 9.38. The van der Waals surface area contributed by atoms with E-state index >= 15 is 0 Å². The summed E-state index contributed by atoms with van der Waals surface area (Å²) in [5, 5.41) is 7.12. The molecule has 0 spiro atoms. The standard InChI is InChI=1S/C22H23F2N3/c1-15-6-2-3-7-16(15)13-27-11-5-8-17(14-27)22-18(12-25-26-22)21-19(23)9-4-10-20(21)24/h2-4,6-7,9-10,12,17H,5,8,11,13-14H2,1H3,(H,25,26). The Morgan fingerprint density at radius 3 is 2.67 bits per heavy atom. The minimum Gasteiger partial charge on any atom is -0.298 e. The fourth-order valence-electron chi connectivity index (χ4n) is 4.02. The molecule has 140 valence electrons. The van der Waals surface area contributed by atoms with E-state index < -0.39 is 11.6 Å². The number of H-pyrrole nitrogens is 1. The first-order valence-electron chi connectivity index (χ1n) is 9.38. The summed E-state index contributed by atoms with van der Waals surface area (Å²) >= 11 is 0. The summed E-state index contributed by atoms with van der Waals surface area (Å²) in [6.45, 7) is 4.90. The average molecular weight is 367 g/mol. The minimum absolute atomic E-state index is 0.0114. The number of nitrogens with zero attached hydrogens (tertiary/aromatic N) is 2. The third-order valence-electron chi connectivity index (χ3n) is 5.47. The van der Waals surface area contributed by atoms with E-state index in [1.165, 1.54) is 35.5 Å². The van der Waals surface area contributed by atoms with Crippen LogP contribution in [-0.4, -0.2) is 28.2 Å². The normalized spacial score (nSPS) is 18.0. The lowest BCUT2D eigenvalue weighted by Crippen LogP contribution is -2.34. The van der Waals surface area contributed by atoms with Crippen LogP contribution in [-0.2, 0) is 6.54 Å². The summed E-state index contributed by atoms with van der Waals surface area (Å²) in [5.74, 6) is -0.922. The van der Waals surface area contributed by atoms with E-state index in [9.17, 15) is 8.78 Å². The van der Waals surface area contributed by atoms with Gasteiger partial charge in [0.15, 0.2) is 0 Å². The van der Waals surface area contributed by atoms with E-state index in [-0.39, 0.29) is 11.5 Å². The molecule has 2 heterocycles. The fraction of sp³-hybridized carbons (Fsp3) is 0.318. The number of rotatable bonds is 4. The van der Waals surface area contributed by atoms with E-state index in [0.29, 0.717) is 5.56 Å². The maximum atomic E-state index is 14.3. The third-order valence-corrected chi connectivity index (χ3v) is 5.47. The zero-order chi connectivity index (χ0) is 18.8. The van der Waals surface area contributed by atoms with Gasteiger partial charge in [0, 0.05) is 30.3 Å². The van der Waals surface area contributed by atoms with Crippen molar-refractivity contribution in [3.05, 3.63) is 77.1 Å². The van der Waals surface area contributed by atoms with E-state index in [1.54, 1.807) is 0 Å². The van der Waals surface area contributed by atoms with E-state index in [2.05, 4.69) is 46.3 Å². The van der Waals surface area contributed by atoms with Crippen molar-refractivity contribution >= 4 is 0 Å². The minimum atomic E-state index is -0.551. The molecule has 2 aromatic carbocycles. The van der Waals surface area contributed by atoms with Crippen LogP contribution >= 0.6 is 0 Å². The van der Waals surface area contributed by atoms with Crippen LogP contribution in [0.5, 0.6) is 0 Å². The van der Waals surface area contributed by atoms with Gasteiger partial charge in [0.25, 0.3) is 0 Å². The Morgan fingerprint density at radius 2 is 1.89 bits per heavy atom. The summed E-state index contributed by atoms with van der Waals surface area (Å²) in [7, 11) is 0. The van der Waals surface area contributed by atoms with Crippen LogP contribution in [0.15, 0.2) is 48.7 Å². The highest BCUT2D eigenvalue weighted by atomic mass is 19.1. The Morgan fingerprint density at radius 1 is 1.11 bits per heavy atom. The molecule has 5 heteroatoms. The molecule has 3 aromatic rings. The number of halogens is 2. The van der Waals surface area contributed by atoms with Gasteiger partial charge in [-0.25, -0.2) is 8.78 Å². The third kappa shape index (κ3) is 3.65. The molecule has 3 nitrogen and oxygen atoms in total. The molecule has 1 aliphatic rings. The van der Waals surface area contributed by atoms with Crippen LogP contribution in [0.25, 0.3) is 11.1 Å². The van der Waals surface area contributed by atoms with Gasteiger partial charge in [0.1, 0.15) is 11.6 Å². The summed E-state index contributed by atoms with van der Waals surface area (Å²) < 4.78 is 28.6. The topological polar surface area (TPSA) is 31.9 Å². The Labute approximate surface area is 158 Å². The molecular formula is C22H23F2N3. The SMILES string of the molecule is Cc1ccccc1CN1CCCC(c2[nH]ncc2-c2c(F)cccc2F)C1. The van der Waals surface area contributed by atoms with Crippen molar-refractivity contribution in [2.24, 2.45) is 0 Å². The second-order valence-electron chi connectivity index (χ2n) is 7.29. The van der Waals surface area contributed by atoms with E-state index in [4.69, 9.17) is 0 Å². The smallest absolute Gasteiger partial charge is 0.134 e. The molecule has 1 saturated heterocycles. The van der Waals surface area contributed by atoms with Crippen molar-refractivity contribution in [1.29, 1.82) is 0 Å². The summed E-state index contributed by atoms with van der Waals surface area (Å²) in [5.41, 5.74) is 3.98. The highest BCUT2D eigenvalue weighted by molar-refractivity contribution is 5.67. The van der Waals surface area contributed by atoms with Crippen LogP contribution < -0.4 is 0 Å². The Hall–Kier alpha value is -2.53. The molecule has 0 amide bonds. The lowest BCUT2D eigenvalue weighted by Gasteiger charge is -2.33. The quantitative estimate of drug-likeness (QED) is 0.700. The van der Waals surface area contributed by atoms with Gasteiger partial charge in [0.05, 0.1) is 11.8 Å². The highest BCUT2D eigenvalue weighted by Gasteiger charge is 2.27. The van der Waals surface area contributed by atoms with Gasteiger partial charge in [-0.1, -0.05) is 30.3 Å². The van der Waals surface area contributed by atoms with Gasteiger partial charge in [-0.3, -0.25) is 10.00 Å². The van der Waals surface area contributed by atoms with Crippen molar-refractivity contribution in [1.82, 2.24) is 15.1 Å². The van der Waals surface area contributed by atoms with E-state index in [0.717, 1.165) is 38.2 Å². The Balaban J connectivity index is 1.58. The number of aromatic amines is 1. The monoisotopic (exact) mass is 367 g/mol. The zero-order valence-corrected chi connectivity index (χ0v) is 15.4. The van der Waals surface area contributed by atoms with Crippen molar-refractivity contribution in [2.45, 2.75) is 32.2 Å². The van der Waals surface area contributed by atoms with Gasteiger partial charge in [-0.05, 0) is 49.6 Å². The van der Waals surface area contributed by atoms with Crippen LogP contribution in [0.1, 0.15) is 35.6 Å². The number of aryl methyl sites for hydroxylation is 1. The first kappa shape index (κ1) is 17.9. The molecule has 1 fully saturated rings. The molecule has 1 aromatic heterocycles. The predicted molar refractivity (Wildman–Crippen MR) is 102 cm³/mol. The molecule has 1 aliphatic heterocycles. The summed E-state index contributed by atoms with van der Waals surface area (Å²) in [4.78, 5) is 2.42. The summed E-state index contributed by atoms with van der Waals surface area (Å²) in [6.07, 6.45) is 3.57. The number of hydrogen-bond acceptors (Lipinski definition) is 2. The molecule has 0 aliphatic carbocycles. The van der Waals surface area contributed by atoms with Crippen LogP contribution in [0.4, 0.5) is 8.78 Å². The second-order valence-corrected chi connectivity index (χ2v) is 7.29. The molecule has 0 bridgehead atoms. The largest absolute Gasteiger partial charge is 0.298 e. The number of likely N-dealkylation sites (tertiary alicyclic amines) is 1. The van der Waals surface area contributed by atoms with Gasteiger partial charge < -0.3 is 0 Å². The maximum Gasteiger partial charge on any atom is 0.134 e. The molecule has 1 atom stereocenters. The Kier molecular flexibility index (Phi) is 5.03. The molecule has 27 heavy (non-hydrogen) atoms. The molecular weight excluding hydrogens is 344 g/mol. The number of piperidine rings is 1. The predicted octanol–water partition coefficient (Wildman–Crippen LogP) is 5.04. The van der Waals surface area contributed by atoms with Crippen molar-refractivity contribution in [3.8, 4) is 11.1 Å². The molecule has 0 radical (unpaired) electrons. The number of aromatic nitrogens is 2. The lowest BCUT2D eigenvalue weighted by molar-refractivity contribution is 0.198. The Bertz CT molecular complexity index is 915. The first-order chi connectivity index (χ1) is 13.1. The van der Waals surface area contributed by atoms with Crippen molar-refractivity contribution in [3.63, 3.8) is 0 Å². The highest BCUT2D eigenvalue weighted by Crippen LogP contribution is 2.35. The van der Waals surface area contributed by atoms with Crippen LogP contribution in [0.2, 0.25) is 0 Å². The van der Waals surface area contributed by atoms with Crippen molar-refractivity contribution in [2.75, 3.05) is 13.1 Å². The zero-order valence-electron chi connectivity index (χ0n) is 15.4. The van der Waals surface area contributed by atoms with Gasteiger partial charge in [0.2, 0.25) is 0 Å². The summed E-state index contributed by atoms with van der Waals surface area (Å²) in [6, 6.07) is 12.4. The molecule has 4 rings (SSSR count). The van der Waals surface area contributed by atoms with Crippen LogP contribution in [0, 0.1) is 18.6 Å². The van der Waals surface area contributed by atoms with Gasteiger partial charge >= 0.3 is 0 Å². The number of nitrogens with one attached hydrogen (secondary N) is 1. The number of benzene rings is 2. The van der Waals surface area contributed by atoms with Gasteiger partial charge in [-0.2, -0.15) is 5.10 Å². The molecule has 0 saturated carbocycles. The van der Waals surface area contributed by atoms with E-state index in [1.807, 2.05) is 0 Å². The fourth-order valence-corrected chi connectivity index (χ4v) is 4.02. The number of hydrogen-bond donors (Lipinski definition) is 1. The average Bonchev–Trinajstić information content (AvgIpc) is 3.13. The molecule has 1 N–H and O–H groups in total.